The van der Waals surface area contributed by atoms with Crippen LogP contribution >= 0.6 is 27.5 Å². The molecule has 0 bridgehead atoms. The minimum atomic E-state index is -0.366. The molecule has 0 atom stereocenters. The van der Waals surface area contributed by atoms with Crippen molar-refractivity contribution in [3.8, 4) is 0 Å². The van der Waals surface area contributed by atoms with Crippen LogP contribution in [0.3, 0.4) is 0 Å². The number of halogens is 2. The van der Waals surface area contributed by atoms with E-state index in [1.165, 1.54) is 0 Å². The van der Waals surface area contributed by atoms with E-state index in [9.17, 15) is 4.79 Å². The van der Waals surface area contributed by atoms with Gasteiger partial charge in [-0.25, -0.2) is 4.79 Å². The third-order valence-corrected chi connectivity index (χ3v) is 3.51. The first-order valence-electron chi connectivity index (χ1n) is 6.31. The van der Waals surface area contributed by atoms with Crippen LogP contribution in [0.1, 0.15) is 5.56 Å². The Morgan fingerprint density at radius 3 is 2.71 bits per heavy atom. The van der Waals surface area contributed by atoms with Crippen molar-refractivity contribution in [3.63, 3.8) is 0 Å². The number of hydrogen-bond acceptors (Lipinski definition) is 2. The van der Waals surface area contributed by atoms with Crippen LogP contribution in [0.4, 0.5) is 16.2 Å². The molecule has 21 heavy (non-hydrogen) atoms. The molecular formula is C15H14BrClN2O2. The number of amides is 2. The third-order valence-electron chi connectivity index (χ3n) is 2.78. The van der Waals surface area contributed by atoms with E-state index in [2.05, 4.69) is 26.6 Å². The number of aliphatic hydroxyl groups is 1. The first kappa shape index (κ1) is 15.8. The largest absolute Gasteiger partial charge is 0.396 e. The summed E-state index contributed by atoms with van der Waals surface area (Å²) in [5, 5.41) is 15.0. The summed E-state index contributed by atoms with van der Waals surface area (Å²) < 4.78 is 0.879. The summed E-state index contributed by atoms with van der Waals surface area (Å²) in [5.74, 6) is 0. The molecule has 0 aliphatic rings. The molecule has 2 amide bonds. The number of rotatable bonds is 4. The summed E-state index contributed by atoms with van der Waals surface area (Å²) in [4.78, 5) is 12.0. The maximum Gasteiger partial charge on any atom is 0.323 e. The van der Waals surface area contributed by atoms with Gasteiger partial charge in [0.2, 0.25) is 0 Å². The molecule has 0 saturated carbocycles. The van der Waals surface area contributed by atoms with Crippen LogP contribution in [0.25, 0.3) is 0 Å². The van der Waals surface area contributed by atoms with Crippen LogP contribution in [-0.2, 0) is 6.42 Å². The molecule has 2 aromatic carbocycles. The second-order valence-corrected chi connectivity index (χ2v) is 5.72. The summed E-state index contributed by atoms with van der Waals surface area (Å²) in [5.41, 5.74) is 2.09. The lowest BCUT2D eigenvalue weighted by atomic mass is 10.1. The molecule has 6 heteroatoms. The van der Waals surface area contributed by atoms with E-state index in [1.807, 2.05) is 12.1 Å². The van der Waals surface area contributed by atoms with Crippen LogP contribution in [0, 0.1) is 0 Å². The van der Waals surface area contributed by atoms with Crippen LogP contribution in [0.15, 0.2) is 46.9 Å². The summed E-state index contributed by atoms with van der Waals surface area (Å²) in [6.07, 6.45) is 0.448. The van der Waals surface area contributed by atoms with Crippen molar-refractivity contribution >= 4 is 44.9 Å². The SMILES string of the molecule is O=C(Nc1cccc(Br)c1)Nc1cc(Cl)ccc1CCO. The molecule has 3 N–H and O–H groups in total. The van der Waals surface area contributed by atoms with Crippen LogP contribution < -0.4 is 10.6 Å². The minimum absolute atomic E-state index is 0.00354. The highest BCUT2D eigenvalue weighted by atomic mass is 79.9. The second kappa shape index (κ2) is 7.45. The maximum atomic E-state index is 12.0. The molecule has 2 rings (SSSR count). The summed E-state index contributed by atoms with van der Waals surface area (Å²) >= 11 is 9.28. The number of anilines is 2. The van der Waals surface area contributed by atoms with E-state index in [0.29, 0.717) is 22.8 Å². The van der Waals surface area contributed by atoms with Gasteiger partial charge in [-0.2, -0.15) is 0 Å². The highest BCUT2D eigenvalue weighted by Crippen LogP contribution is 2.22. The highest BCUT2D eigenvalue weighted by molar-refractivity contribution is 9.10. The fraction of sp³-hybridized carbons (Fsp3) is 0.133. The lowest BCUT2D eigenvalue weighted by molar-refractivity contribution is 0.262. The monoisotopic (exact) mass is 368 g/mol. The van der Waals surface area contributed by atoms with E-state index < -0.39 is 0 Å². The summed E-state index contributed by atoms with van der Waals surface area (Å²) in [6, 6.07) is 12.1. The first-order chi connectivity index (χ1) is 10.1. The Labute approximate surface area is 136 Å². The zero-order valence-corrected chi connectivity index (χ0v) is 13.4. The Bertz CT molecular complexity index is 649. The van der Waals surface area contributed by atoms with E-state index in [-0.39, 0.29) is 12.6 Å². The Hall–Kier alpha value is -1.56. The minimum Gasteiger partial charge on any atom is -0.396 e. The average molecular weight is 370 g/mol. The Morgan fingerprint density at radius 1 is 1.19 bits per heavy atom. The van der Waals surface area contributed by atoms with Gasteiger partial charge in [-0.3, -0.25) is 0 Å². The van der Waals surface area contributed by atoms with Crippen LogP contribution in [-0.4, -0.2) is 17.7 Å². The molecule has 2 aromatic rings. The van der Waals surface area contributed by atoms with Crippen molar-refractivity contribution in [2.24, 2.45) is 0 Å². The normalized spacial score (nSPS) is 10.2. The van der Waals surface area contributed by atoms with Gasteiger partial charge in [0, 0.05) is 27.5 Å². The van der Waals surface area contributed by atoms with Crippen molar-refractivity contribution in [1.29, 1.82) is 0 Å². The molecule has 0 aromatic heterocycles. The third kappa shape index (κ3) is 4.74. The zero-order valence-electron chi connectivity index (χ0n) is 11.1. The number of hydrogen-bond donors (Lipinski definition) is 3. The van der Waals surface area contributed by atoms with Gasteiger partial charge < -0.3 is 15.7 Å². The molecule has 0 saturated heterocycles. The lowest BCUT2D eigenvalue weighted by Crippen LogP contribution is -2.20. The summed E-state index contributed by atoms with van der Waals surface area (Å²) in [6.45, 7) is 0.00354. The predicted octanol–water partition coefficient (Wildman–Crippen LogP) is 4.28. The topological polar surface area (TPSA) is 61.4 Å². The quantitative estimate of drug-likeness (QED) is 0.753. The van der Waals surface area contributed by atoms with Crippen molar-refractivity contribution in [2.45, 2.75) is 6.42 Å². The van der Waals surface area contributed by atoms with E-state index >= 15 is 0 Å². The fourth-order valence-corrected chi connectivity index (χ4v) is 2.43. The molecule has 4 nitrogen and oxygen atoms in total. The zero-order chi connectivity index (χ0) is 15.2. The number of benzene rings is 2. The van der Waals surface area contributed by atoms with Gasteiger partial charge in [-0.15, -0.1) is 0 Å². The Kier molecular flexibility index (Phi) is 5.61. The molecule has 110 valence electrons. The van der Waals surface area contributed by atoms with E-state index in [4.69, 9.17) is 16.7 Å². The van der Waals surface area contributed by atoms with Gasteiger partial charge in [0.25, 0.3) is 0 Å². The number of carbonyl (C=O) groups excluding carboxylic acids is 1. The number of urea groups is 1. The predicted molar refractivity (Wildman–Crippen MR) is 89.0 cm³/mol. The molecule has 0 aliphatic heterocycles. The van der Waals surface area contributed by atoms with Crippen molar-refractivity contribution in [2.75, 3.05) is 17.2 Å². The van der Waals surface area contributed by atoms with Gasteiger partial charge in [0.05, 0.1) is 0 Å². The van der Waals surface area contributed by atoms with Crippen molar-refractivity contribution in [3.05, 3.63) is 57.5 Å². The maximum absolute atomic E-state index is 12.0. The number of carbonyl (C=O) groups is 1. The van der Waals surface area contributed by atoms with Gasteiger partial charge in [0.15, 0.2) is 0 Å². The number of nitrogens with one attached hydrogen (secondary N) is 2. The Morgan fingerprint density at radius 2 is 2.00 bits per heavy atom. The van der Waals surface area contributed by atoms with Crippen LogP contribution in [0.5, 0.6) is 0 Å². The van der Waals surface area contributed by atoms with E-state index in [1.54, 1.807) is 30.3 Å². The standard InChI is InChI=1S/C15H14BrClN2O2/c16-11-2-1-3-13(8-11)18-15(21)19-14-9-12(17)5-4-10(14)6-7-20/h1-5,8-9,20H,6-7H2,(H2,18,19,21). The molecule has 0 radical (unpaired) electrons. The smallest absolute Gasteiger partial charge is 0.323 e. The van der Waals surface area contributed by atoms with Gasteiger partial charge >= 0.3 is 6.03 Å². The van der Waals surface area contributed by atoms with Crippen molar-refractivity contribution < 1.29 is 9.90 Å². The molecule has 0 spiro atoms. The van der Waals surface area contributed by atoms with Gasteiger partial charge in [-0.05, 0) is 42.3 Å². The lowest BCUT2D eigenvalue weighted by Gasteiger charge is -2.12. The van der Waals surface area contributed by atoms with Gasteiger partial charge in [0.1, 0.15) is 0 Å². The van der Waals surface area contributed by atoms with Crippen LogP contribution in [0.2, 0.25) is 5.02 Å². The second-order valence-electron chi connectivity index (χ2n) is 4.36. The first-order valence-corrected chi connectivity index (χ1v) is 7.48. The van der Waals surface area contributed by atoms with Gasteiger partial charge in [-0.1, -0.05) is 39.7 Å². The molecule has 0 aliphatic carbocycles. The van der Waals surface area contributed by atoms with Crippen molar-refractivity contribution in [1.82, 2.24) is 0 Å². The molecule has 0 fully saturated rings. The highest BCUT2D eigenvalue weighted by Gasteiger charge is 2.08. The fourth-order valence-electron chi connectivity index (χ4n) is 1.85. The Balaban J connectivity index is 2.10. The molecule has 0 unspecified atom stereocenters. The van der Waals surface area contributed by atoms with E-state index in [0.717, 1.165) is 10.0 Å². The molecule has 0 heterocycles. The number of aliphatic hydroxyl groups excluding tert-OH is 1. The molecular weight excluding hydrogens is 356 g/mol. The summed E-state index contributed by atoms with van der Waals surface area (Å²) in [7, 11) is 0. The average Bonchev–Trinajstić information content (AvgIpc) is 2.42.